The van der Waals surface area contributed by atoms with Crippen LogP contribution in [0.5, 0.6) is 0 Å². The Labute approximate surface area is 145 Å². The number of aryl methyl sites for hydroxylation is 2. The van der Waals surface area contributed by atoms with Crippen LogP contribution < -0.4 is 0 Å². The van der Waals surface area contributed by atoms with E-state index in [9.17, 15) is 10.4 Å². The lowest BCUT2D eigenvalue weighted by atomic mass is 9.57. The summed E-state index contributed by atoms with van der Waals surface area (Å²) in [4.78, 5) is 1.44. The molecule has 0 saturated carbocycles. The zero-order valence-electron chi connectivity index (χ0n) is 14.8. The van der Waals surface area contributed by atoms with Gasteiger partial charge in [0.25, 0.3) is 0 Å². The Morgan fingerprint density at radius 1 is 1.36 bits per heavy atom. The average Bonchev–Trinajstić information content (AvgIpc) is 3.14. The second-order valence-corrected chi connectivity index (χ2v) is 7.35. The van der Waals surface area contributed by atoms with E-state index in [0.717, 1.165) is 29.8 Å². The van der Waals surface area contributed by atoms with Gasteiger partial charge in [0.2, 0.25) is 5.82 Å². The maximum absolute atomic E-state index is 10.4. The summed E-state index contributed by atoms with van der Waals surface area (Å²) in [5.41, 5.74) is 3.01. The molecular formula is C17H21N7O. The van der Waals surface area contributed by atoms with Gasteiger partial charge in [-0.25, -0.2) is 0 Å². The molecule has 2 aliphatic carbocycles. The summed E-state index contributed by atoms with van der Waals surface area (Å²) in [5, 5.41) is 37.1. The molecule has 1 unspecified atom stereocenters. The number of hydrogen-bond acceptors (Lipinski definition) is 6. The first kappa shape index (κ1) is 16.0. The number of aromatic nitrogens is 6. The highest BCUT2D eigenvalue weighted by molar-refractivity contribution is 5.60. The Bertz CT molecular complexity index is 918. The van der Waals surface area contributed by atoms with E-state index in [1.165, 1.54) is 4.80 Å². The molecule has 4 rings (SSSR count). The van der Waals surface area contributed by atoms with Crippen molar-refractivity contribution < 1.29 is 5.11 Å². The van der Waals surface area contributed by atoms with E-state index in [0.29, 0.717) is 11.4 Å². The van der Waals surface area contributed by atoms with Crippen molar-refractivity contribution in [3.05, 3.63) is 22.9 Å². The molecule has 8 nitrogen and oxygen atoms in total. The lowest BCUT2D eigenvalue weighted by Crippen LogP contribution is -2.47. The van der Waals surface area contributed by atoms with Crippen molar-refractivity contribution in [3.63, 3.8) is 0 Å². The maximum Gasteiger partial charge on any atom is 0.223 e. The molecule has 0 bridgehead atoms. The number of rotatable bonds is 1. The SMILES string of the molecule is C[C@@H]1C(O)C(C#N)=C[C@]2(C)c3nn(C)c(-c4nnn(C)n4)c3CC[C@@H]12. The predicted molar refractivity (Wildman–Crippen MR) is 89.0 cm³/mol. The summed E-state index contributed by atoms with van der Waals surface area (Å²) in [6, 6.07) is 2.17. The number of hydrogen-bond donors (Lipinski definition) is 1. The van der Waals surface area contributed by atoms with Crippen LogP contribution in [0, 0.1) is 23.2 Å². The van der Waals surface area contributed by atoms with E-state index < -0.39 is 6.10 Å². The number of aliphatic hydroxyl groups excluding tert-OH is 1. The van der Waals surface area contributed by atoms with Crippen molar-refractivity contribution in [1.29, 1.82) is 5.26 Å². The van der Waals surface area contributed by atoms with Gasteiger partial charge in [-0.1, -0.05) is 19.9 Å². The van der Waals surface area contributed by atoms with Crippen LogP contribution >= 0.6 is 0 Å². The van der Waals surface area contributed by atoms with E-state index in [4.69, 9.17) is 5.10 Å². The first-order chi connectivity index (χ1) is 11.9. The van der Waals surface area contributed by atoms with Gasteiger partial charge in [-0.2, -0.15) is 15.2 Å². The second-order valence-electron chi connectivity index (χ2n) is 7.35. The van der Waals surface area contributed by atoms with Gasteiger partial charge in [-0.3, -0.25) is 4.68 Å². The molecule has 0 aliphatic heterocycles. The molecule has 130 valence electrons. The molecular weight excluding hydrogens is 318 g/mol. The fourth-order valence-corrected chi connectivity index (χ4v) is 4.67. The van der Waals surface area contributed by atoms with Crippen LogP contribution in [0.3, 0.4) is 0 Å². The van der Waals surface area contributed by atoms with Crippen molar-refractivity contribution >= 4 is 0 Å². The minimum absolute atomic E-state index is 0.0119. The normalized spacial score (nSPS) is 31.0. The molecule has 1 N–H and O–H groups in total. The van der Waals surface area contributed by atoms with E-state index in [1.54, 1.807) is 7.05 Å². The highest BCUT2D eigenvalue weighted by atomic mass is 16.3. The van der Waals surface area contributed by atoms with Crippen molar-refractivity contribution in [2.45, 2.75) is 38.2 Å². The molecule has 0 amide bonds. The Morgan fingerprint density at radius 3 is 2.76 bits per heavy atom. The molecule has 0 spiro atoms. The standard InChI is InChI=1S/C17H21N7O/c1-9-12-6-5-11-13(16-19-22-24(4)21-16)23(3)20-15(11)17(12,2)7-10(8-18)14(9)25/h7,9,12,14,25H,5-6H2,1-4H3/t9-,12-,14?,17-/m0/s1. The van der Waals surface area contributed by atoms with Crippen LogP contribution in [-0.4, -0.2) is 41.2 Å². The minimum Gasteiger partial charge on any atom is -0.387 e. The summed E-state index contributed by atoms with van der Waals surface area (Å²) in [6.45, 7) is 4.15. The van der Waals surface area contributed by atoms with E-state index in [2.05, 4.69) is 28.4 Å². The second kappa shape index (κ2) is 5.23. The van der Waals surface area contributed by atoms with Gasteiger partial charge in [0.05, 0.1) is 30.5 Å². The molecule has 0 radical (unpaired) electrons. The lowest BCUT2D eigenvalue weighted by Gasteiger charge is -2.46. The van der Waals surface area contributed by atoms with Gasteiger partial charge < -0.3 is 5.11 Å². The number of fused-ring (bicyclic) bond motifs is 3. The summed E-state index contributed by atoms with van der Waals surface area (Å²) < 4.78 is 1.81. The van der Waals surface area contributed by atoms with Gasteiger partial charge in [0.1, 0.15) is 5.69 Å². The van der Waals surface area contributed by atoms with Crippen molar-refractivity contribution in [1.82, 2.24) is 30.0 Å². The van der Waals surface area contributed by atoms with Crippen molar-refractivity contribution in [2.75, 3.05) is 0 Å². The Morgan fingerprint density at radius 2 is 2.12 bits per heavy atom. The molecule has 8 heteroatoms. The van der Waals surface area contributed by atoms with Crippen LogP contribution in [0.1, 0.15) is 31.5 Å². The third-order valence-electron chi connectivity index (χ3n) is 5.89. The fourth-order valence-electron chi connectivity index (χ4n) is 4.67. The largest absolute Gasteiger partial charge is 0.387 e. The topological polar surface area (TPSA) is 105 Å². The van der Waals surface area contributed by atoms with Crippen molar-refractivity contribution in [3.8, 4) is 17.6 Å². The number of nitrogens with zero attached hydrogens (tertiary/aromatic N) is 7. The molecule has 2 aliphatic rings. The van der Waals surface area contributed by atoms with E-state index >= 15 is 0 Å². The van der Waals surface area contributed by atoms with Crippen LogP contribution in [0.2, 0.25) is 0 Å². The van der Waals surface area contributed by atoms with E-state index in [1.807, 2.05) is 24.7 Å². The monoisotopic (exact) mass is 339 g/mol. The number of aliphatic hydroxyl groups is 1. The third kappa shape index (κ3) is 2.09. The fraction of sp³-hybridized carbons (Fsp3) is 0.588. The van der Waals surface area contributed by atoms with Crippen LogP contribution in [0.15, 0.2) is 11.6 Å². The number of tetrazole rings is 1. The van der Waals surface area contributed by atoms with Crippen LogP contribution in [0.4, 0.5) is 0 Å². The highest BCUT2D eigenvalue weighted by Gasteiger charge is 2.50. The summed E-state index contributed by atoms with van der Waals surface area (Å²) in [6.07, 6.45) is 3.00. The summed E-state index contributed by atoms with van der Waals surface area (Å²) >= 11 is 0. The van der Waals surface area contributed by atoms with Crippen LogP contribution in [-0.2, 0) is 25.9 Å². The molecule has 25 heavy (non-hydrogen) atoms. The molecule has 4 atom stereocenters. The van der Waals surface area contributed by atoms with E-state index in [-0.39, 0.29) is 17.3 Å². The zero-order chi connectivity index (χ0) is 17.9. The predicted octanol–water partition coefficient (Wildman–Crippen LogP) is 0.891. The van der Waals surface area contributed by atoms with Gasteiger partial charge in [-0.15, -0.1) is 10.2 Å². The molecule has 2 aromatic rings. The highest BCUT2D eigenvalue weighted by Crippen LogP contribution is 2.51. The first-order valence-electron chi connectivity index (χ1n) is 8.48. The Hall–Kier alpha value is -2.53. The van der Waals surface area contributed by atoms with Crippen molar-refractivity contribution in [2.24, 2.45) is 25.9 Å². The smallest absolute Gasteiger partial charge is 0.223 e. The third-order valence-corrected chi connectivity index (χ3v) is 5.89. The lowest BCUT2D eigenvalue weighted by molar-refractivity contribution is 0.0671. The average molecular weight is 339 g/mol. The summed E-state index contributed by atoms with van der Waals surface area (Å²) in [7, 11) is 3.63. The molecule has 2 aromatic heterocycles. The molecule has 0 aromatic carbocycles. The van der Waals surface area contributed by atoms with Gasteiger partial charge in [-0.05, 0) is 29.9 Å². The maximum atomic E-state index is 10.4. The van der Waals surface area contributed by atoms with Gasteiger partial charge >= 0.3 is 0 Å². The van der Waals surface area contributed by atoms with Crippen LogP contribution in [0.25, 0.3) is 11.5 Å². The van der Waals surface area contributed by atoms with Gasteiger partial charge in [0, 0.05) is 18.0 Å². The molecule has 0 saturated heterocycles. The number of allylic oxidation sites excluding steroid dienone is 1. The first-order valence-corrected chi connectivity index (χ1v) is 8.48. The van der Waals surface area contributed by atoms with Gasteiger partial charge in [0.15, 0.2) is 0 Å². The zero-order valence-corrected chi connectivity index (χ0v) is 14.8. The minimum atomic E-state index is -0.700. The number of nitriles is 1. The molecule has 0 fully saturated rings. The molecule has 2 heterocycles. The summed E-state index contributed by atoms with van der Waals surface area (Å²) in [5.74, 6) is 0.816. The Kier molecular flexibility index (Phi) is 3.34. The quantitative estimate of drug-likeness (QED) is 0.827. The Balaban J connectivity index is 1.92.